The molecule has 0 rings (SSSR count). The second-order valence-electron chi connectivity index (χ2n) is 0.105. The molecule has 0 spiro atoms. The smallest absolute Gasteiger partial charge is 0.290 e. The van der Waals surface area contributed by atoms with Gasteiger partial charge in [0.2, 0.25) is 0 Å². The molecule has 0 aromatic carbocycles. The zero-order chi connectivity index (χ0) is 2.71. The van der Waals surface area contributed by atoms with E-state index in [1.807, 2.05) is 0 Å². The van der Waals surface area contributed by atoms with Crippen LogP contribution in [0, 0.1) is 0 Å². The molecule has 2 nitrogen and oxygen atoms in total. The summed E-state index contributed by atoms with van der Waals surface area (Å²) in [5, 5.41) is 6.89. The third kappa shape index (κ3) is 15100. The van der Waals surface area contributed by atoms with Crippen molar-refractivity contribution in [1.82, 2.24) is 0 Å². The summed E-state index contributed by atoms with van der Waals surface area (Å²) in [4.78, 5) is 8.36. The highest BCUT2D eigenvalue weighted by Crippen LogP contribution is 0.966. The summed E-state index contributed by atoms with van der Waals surface area (Å²) in [6, 6.07) is 0. The highest BCUT2D eigenvalue weighted by Gasteiger charge is 1.22. The molecule has 0 aromatic rings. The maximum absolute atomic E-state index is 8.36. The molecular formula is C2H8Cl2O2. The van der Waals surface area contributed by atoms with Gasteiger partial charge in [0.25, 0.3) is 6.47 Å². The van der Waals surface area contributed by atoms with E-state index in [1.54, 1.807) is 0 Å². The van der Waals surface area contributed by atoms with Crippen molar-refractivity contribution in [3.8, 4) is 0 Å². The lowest BCUT2D eigenvalue weighted by Crippen LogP contribution is -1.49. The van der Waals surface area contributed by atoms with E-state index in [4.69, 9.17) is 9.90 Å². The van der Waals surface area contributed by atoms with Gasteiger partial charge >= 0.3 is 0 Å². The van der Waals surface area contributed by atoms with Gasteiger partial charge in [-0.3, -0.25) is 4.79 Å². The fourth-order valence-electron chi connectivity index (χ4n) is 0. The van der Waals surface area contributed by atoms with Crippen molar-refractivity contribution < 1.29 is 9.90 Å². The van der Waals surface area contributed by atoms with E-state index in [0.29, 0.717) is 0 Å². The largest absolute Gasteiger partial charge is 0.483 e. The normalized spacial score (nSPS) is 2.00. The highest BCUT2D eigenvalue weighted by atomic mass is 35.5. The van der Waals surface area contributed by atoms with Crippen molar-refractivity contribution >= 4 is 31.3 Å². The Labute approximate surface area is 49.4 Å². The lowest BCUT2D eigenvalue weighted by Gasteiger charge is -1.34. The van der Waals surface area contributed by atoms with E-state index in [1.165, 1.54) is 0 Å². The molecule has 0 saturated heterocycles. The number of halogens is 2. The zero-order valence-corrected chi connectivity index (χ0v) is 3.88. The molecule has 0 aromatic heterocycles. The molecule has 0 aliphatic heterocycles. The van der Waals surface area contributed by atoms with Gasteiger partial charge in [0.05, 0.1) is 0 Å². The molecule has 0 saturated carbocycles. The van der Waals surface area contributed by atoms with Gasteiger partial charge in [0, 0.05) is 0 Å². The number of carbonyl (C=O) groups is 1. The number of carboxylic acid groups (broad SMARTS) is 1. The summed E-state index contributed by atoms with van der Waals surface area (Å²) in [7, 11) is 0. The Morgan fingerprint density at radius 1 is 1.33 bits per heavy atom. The minimum absolute atomic E-state index is 0. The van der Waals surface area contributed by atoms with Gasteiger partial charge in [0.15, 0.2) is 0 Å². The summed E-state index contributed by atoms with van der Waals surface area (Å²) < 4.78 is 0. The number of hydrogen-bond donors (Lipinski definition) is 1. The van der Waals surface area contributed by atoms with E-state index >= 15 is 0 Å². The predicted molar refractivity (Wildman–Crippen MR) is 29.9 cm³/mol. The minimum atomic E-state index is -0.250. The Morgan fingerprint density at radius 3 is 1.33 bits per heavy atom. The van der Waals surface area contributed by atoms with Crippen molar-refractivity contribution in [2.75, 3.05) is 0 Å². The lowest BCUT2D eigenvalue weighted by molar-refractivity contribution is -0.122. The Balaban J connectivity index is -0.00000000667. The van der Waals surface area contributed by atoms with Crippen LogP contribution in [0.1, 0.15) is 7.43 Å². The molecule has 0 bridgehead atoms. The van der Waals surface area contributed by atoms with E-state index < -0.39 is 0 Å². The van der Waals surface area contributed by atoms with Crippen LogP contribution in [0.4, 0.5) is 0 Å². The van der Waals surface area contributed by atoms with Crippen LogP contribution in [-0.2, 0) is 4.79 Å². The molecule has 0 amide bonds. The summed E-state index contributed by atoms with van der Waals surface area (Å²) in [5.74, 6) is 0. The average Bonchev–Trinajstić information content (AvgIpc) is 0.918. The average molecular weight is 135 g/mol. The molecule has 0 heterocycles. The van der Waals surface area contributed by atoms with Crippen molar-refractivity contribution in [2.45, 2.75) is 7.43 Å². The Bertz CT molecular complexity index is 17.0. The first-order valence-corrected chi connectivity index (χ1v) is 0.494. The molecule has 6 heavy (non-hydrogen) atoms. The van der Waals surface area contributed by atoms with Crippen LogP contribution in [0.25, 0.3) is 0 Å². The molecule has 0 aliphatic carbocycles. The summed E-state index contributed by atoms with van der Waals surface area (Å²) >= 11 is 0. The fraction of sp³-hybridized carbons (Fsp3) is 0.500. The second-order valence-corrected chi connectivity index (χ2v) is 0.105. The Kier molecular flexibility index (Phi) is 460. The summed E-state index contributed by atoms with van der Waals surface area (Å²) in [6.45, 7) is -0.250. The molecule has 42 valence electrons. The first-order chi connectivity index (χ1) is 1.41. The standard InChI is InChI=1S/CH2O2.CH4.2ClH/c2-1-3;;;/h1H,(H,2,3);1H4;2*1H. The molecule has 0 atom stereocenters. The van der Waals surface area contributed by atoms with Gasteiger partial charge in [0.1, 0.15) is 0 Å². The topological polar surface area (TPSA) is 37.3 Å². The zero-order valence-electron chi connectivity index (χ0n) is 2.25. The monoisotopic (exact) mass is 134 g/mol. The molecular weight excluding hydrogens is 127 g/mol. The molecule has 1 N–H and O–H groups in total. The quantitative estimate of drug-likeness (QED) is 0.506. The van der Waals surface area contributed by atoms with Crippen LogP contribution >= 0.6 is 24.8 Å². The number of rotatable bonds is 0. The first kappa shape index (κ1) is 36.7. The van der Waals surface area contributed by atoms with E-state index in [2.05, 4.69) is 0 Å². The third-order valence-electron chi connectivity index (χ3n) is 0. The Morgan fingerprint density at radius 2 is 1.33 bits per heavy atom. The first-order valence-electron chi connectivity index (χ1n) is 0.494. The van der Waals surface area contributed by atoms with Crippen LogP contribution in [0.15, 0.2) is 0 Å². The van der Waals surface area contributed by atoms with Crippen molar-refractivity contribution in [3.63, 3.8) is 0 Å². The molecule has 4 heteroatoms. The molecule has 0 fully saturated rings. The predicted octanol–water partition coefficient (Wildman–Crippen LogP) is 1.18. The second kappa shape index (κ2) is 75.1. The molecule has 0 aliphatic rings. The van der Waals surface area contributed by atoms with Gasteiger partial charge in [-0.25, -0.2) is 0 Å². The summed E-state index contributed by atoms with van der Waals surface area (Å²) in [5.41, 5.74) is 0. The third-order valence-corrected chi connectivity index (χ3v) is 0. The summed E-state index contributed by atoms with van der Waals surface area (Å²) in [6.07, 6.45) is 0. The van der Waals surface area contributed by atoms with Crippen molar-refractivity contribution in [3.05, 3.63) is 0 Å². The Hall–Kier alpha value is 0.0500. The van der Waals surface area contributed by atoms with Gasteiger partial charge in [-0.05, 0) is 0 Å². The van der Waals surface area contributed by atoms with Crippen LogP contribution in [-0.4, -0.2) is 11.6 Å². The van der Waals surface area contributed by atoms with Crippen LogP contribution in [0.2, 0.25) is 0 Å². The minimum Gasteiger partial charge on any atom is -0.483 e. The molecule has 0 unspecified atom stereocenters. The van der Waals surface area contributed by atoms with E-state index in [9.17, 15) is 0 Å². The van der Waals surface area contributed by atoms with Crippen molar-refractivity contribution in [2.24, 2.45) is 0 Å². The van der Waals surface area contributed by atoms with Gasteiger partial charge in [-0.2, -0.15) is 0 Å². The van der Waals surface area contributed by atoms with Gasteiger partial charge < -0.3 is 5.11 Å². The van der Waals surface area contributed by atoms with Crippen molar-refractivity contribution in [1.29, 1.82) is 0 Å². The maximum atomic E-state index is 8.36. The fourth-order valence-corrected chi connectivity index (χ4v) is 0. The molecule has 0 radical (unpaired) electrons. The van der Waals surface area contributed by atoms with Gasteiger partial charge in [-0.1, -0.05) is 7.43 Å². The highest BCUT2D eigenvalue weighted by molar-refractivity contribution is 5.85. The van der Waals surface area contributed by atoms with Crippen LogP contribution < -0.4 is 0 Å². The number of hydrogen-bond acceptors (Lipinski definition) is 1. The SMILES string of the molecule is C.Cl.Cl.O=CO. The van der Waals surface area contributed by atoms with E-state index in [0.717, 1.165) is 0 Å². The van der Waals surface area contributed by atoms with E-state index in [-0.39, 0.29) is 38.7 Å². The van der Waals surface area contributed by atoms with Crippen LogP contribution in [0.5, 0.6) is 0 Å². The van der Waals surface area contributed by atoms with Gasteiger partial charge in [-0.15, -0.1) is 24.8 Å². The van der Waals surface area contributed by atoms with Crippen LogP contribution in [0.3, 0.4) is 0 Å². The lowest BCUT2D eigenvalue weighted by atomic mass is 11.7. The maximum Gasteiger partial charge on any atom is 0.290 e.